The second kappa shape index (κ2) is 5.36. The molecule has 1 N–H and O–H groups in total. The van der Waals surface area contributed by atoms with E-state index in [4.69, 9.17) is 0 Å². The van der Waals surface area contributed by atoms with Crippen LogP contribution in [0.3, 0.4) is 0 Å². The first-order valence-electron chi connectivity index (χ1n) is 4.98. The SMILES string of the molecule is Cc1cc(C(O)c2cc(F)c(Br)cc2F)sc1Br. The second-order valence-corrected chi connectivity index (χ2v) is 7.05. The summed E-state index contributed by atoms with van der Waals surface area (Å²) < 4.78 is 28.0. The van der Waals surface area contributed by atoms with E-state index in [1.807, 2.05) is 6.92 Å². The van der Waals surface area contributed by atoms with Crippen LogP contribution in [0.25, 0.3) is 0 Å². The molecule has 1 atom stereocenters. The summed E-state index contributed by atoms with van der Waals surface area (Å²) in [5, 5.41) is 10.1. The van der Waals surface area contributed by atoms with Gasteiger partial charge in [0.05, 0.1) is 8.26 Å². The second-order valence-electron chi connectivity index (χ2n) is 3.80. The van der Waals surface area contributed by atoms with Crippen molar-refractivity contribution in [2.24, 2.45) is 0 Å². The third kappa shape index (κ3) is 2.66. The average molecular weight is 398 g/mol. The van der Waals surface area contributed by atoms with Gasteiger partial charge in [-0.2, -0.15) is 0 Å². The van der Waals surface area contributed by atoms with E-state index >= 15 is 0 Å². The molecule has 0 aliphatic rings. The molecular formula is C12H8Br2F2OS. The smallest absolute Gasteiger partial charge is 0.137 e. The third-order valence-electron chi connectivity index (χ3n) is 2.48. The Hall–Kier alpha value is -0.300. The molecule has 0 radical (unpaired) electrons. The fraction of sp³-hybridized carbons (Fsp3) is 0.167. The summed E-state index contributed by atoms with van der Waals surface area (Å²) in [4.78, 5) is 0.569. The van der Waals surface area contributed by atoms with E-state index in [0.29, 0.717) is 4.88 Å². The molecule has 0 aliphatic heterocycles. The first kappa shape index (κ1) is 14.1. The quantitative estimate of drug-likeness (QED) is 0.711. The molecule has 0 saturated carbocycles. The van der Waals surface area contributed by atoms with Crippen molar-refractivity contribution in [3.63, 3.8) is 0 Å². The first-order chi connectivity index (χ1) is 8.40. The lowest BCUT2D eigenvalue weighted by Crippen LogP contribution is -2.02. The number of rotatable bonds is 2. The molecule has 1 nitrogen and oxygen atoms in total. The maximum absolute atomic E-state index is 13.7. The number of benzene rings is 1. The lowest BCUT2D eigenvalue weighted by Gasteiger charge is -2.10. The summed E-state index contributed by atoms with van der Waals surface area (Å²) >= 11 is 7.54. The fourth-order valence-corrected chi connectivity index (χ4v) is 3.41. The summed E-state index contributed by atoms with van der Waals surface area (Å²) in [6.45, 7) is 1.87. The van der Waals surface area contributed by atoms with Crippen molar-refractivity contribution in [3.05, 3.63) is 54.1 Å². The van der Waals surface area contributed by atoms with Gasteiger partial charge >= 0.3 is 0 Å². The van der Waals surface area contributed by atoms with E-state index in [9.17, 15) is 13.9 Å². The van der Waals surface area contributed by atoms with Crippen LogP contribution in [0.2, 0.25) is 0 Å². The van der Waals surface area contributed by atoms with Gasteiger partial charge in [0.1, 0.15) is 17.7 Å². The van der Waals surface area contributed by atoms with Gasteiger partial charge in [-0.25, -0.2) is 8.78 Å². The molecule has 0 saturated heterocycles. The summed E-state index contributed by atoms with van der Waals surface area (Å²) in [7, 11) is 0. The lowest BCUT2D eigenvalue weighted by molar-refractivity contribution is 0.218. The van der Waals surface area contributed by atoms with Crippen molar-refractivity contribution < 1.29 is 13.9 Å². The molecule has 1 aromatic heterocycles. The van der Waals surface area contributed by atoms with Crippen molar-refractivity contribution in [3.8, 4) is 0 Å². The Labute approximate surface area is 124 Å². The molecule has 1 unspecified atom stereocenters. The topological polar surface area (TPSA) is 20.2 Å². The van der Waals surface area contributed by atoms with Gasteiger partial charge in [0.25, 0.3) is 0 Å². The molecular weight excluding hydrogens is 390 g/mol. The predicted octanol–water partition coefficient (Wildman–Crippen LogP) is 4.94. The van der Waals surface area contributed by atoms with Crippen LogP contribution in [0.4, 0.5) is 8.78 Å². The maximum atomic E-state index is 13.7. The maximum Gasteiger partial charge on any atom is 0.137 e. The highest BCUT2D eigenvalue weighted by Crippen LogP contribution is 2.36. The zero-order valence-corrected chi connectivity index (χ0v) is 13.2. The zero-order valence-electron chi connectivity index (χ0n) is 9.18. The highest BCUT2D eigenvalue weighted by molar-refractivity contribution is 9.11. The molecule has 0 amide bonds. The van der Waals surface area contributed by atoms with Crippen molar-refractivity contribution in [1.29, 1.82) is 0 Å². The highest BCUT2D eigenvalue weighted by atomic mass is 79.9. The standard InChI is InChI=1S/C12H8Br2F2OS/c1-5-2-10(18-12(5)14)11(17)6-3-9(16)7(13)4-8(6)15/h2-4,11,17H,1H3. The van der Waals surface area contributed by atoms with Gasteiger partial charge in [-0.05, 0) is 62.5 Å². The van der Waals surface area contributed by atoms with Gasteiger partial charge in [-0.15, -0.1) is 11.3 Å². The Kier molecular flexibility index (Phi) is 4.21. The molecule has 0 aliphatic carbocycles. The molecule has 2 aromatic rings. The minimum Gasteiger partial charge on any atom is -0.383 e. The van der Waals surface area contributed by atoms with E-state index in [1.165, 1.54) is 11.3 Å². The predicted molar refractivity (Wildman–Crippen MR) is 74.9 cm³/mol. The number of hydrogen-bond donors (Lipinski definition) is 1. The van der Waals surface area contributed by atoms with Crippen LogP contribution in [0.1, 0.15) is 22.1 Å². The van der Waals surface area contributed by atoms with E-state index in [2.05, 4.69) is 31.9 Å². The number of aliphatic hydroxyl groups excluding tert-OH is 1. The Morgan fingerprint density at radius 2 is 1.83 bits per heavy atom. The van der Waals surface area contributed by atoms with Crippen LogP contribution < -0.4 is 0 Å². The van der Waals surface area contributed by atoms with Crippen LogP contribution in [-0.2, 0) is 0 Å². The minimum atomic E-state index is -1.16. The van der Waals surface area contributed by atoms with Crippen molar-refractivity contribution in [2.75, 3.05) is 0 Å². The van der Waals surface area contributed by atoms with Gasteiger partial charge < -0.3 is 5.11 Å². The number of aryl methyl sites for hydroxylation is 1. The van der Waals surface area contributed by atoms with Crippen LogP contribution in [0, 0.1) is 18.6 Å². The molecule has 0 bridgehead atoms. The molecule has 2 rings (SSSR count). The van der Waals surface area contributed by atoms with Gasteiger partial charge in [0, 0.05) is 10.4 Å². The van der Waals surface area contributed by atoms with Crippen LogP contribution >= 0.6 is 43.2 Å². The molecule has 18 heavy (non-hydrogen) atoms. The normalized spacial score (nSPS) is 12.8. The Morgan fingerprint density at radius 1 is 1.17 bits per heavy atom. The molecule has 0 fully saturated rings. The van der Waals surface area contributed by atoms with Crippen LogP contribution in [0.15, 0.2) is 26.5 Å². The number of hydrogen-bond acceptors (Lipinski definition) is 2. The van der Waals surface area contributed by atoms with E-state index in [-0.39, 0.29) is 10.0 Å². The summed E-state index contributed by atoms with van der Waals surface area (Å²) in [5.41, 5.74) is 0.886. The Morgan fingerprint density at radius 3 is 2.39 bits per heavy atom. The van der Waals surface area contributed by atoms with Gasteiger partial charge in [-0.1, -0.05) is 0 Å². The van der Waals surface area contributed by atoms with Crippen molar-refractivity contribution in [1.82, 2.24) is 0 Å². The van der Waals surface area contributed by atoms with Crippen molar-refractivity contribution in [2.45, 2.75) is 13.0 Å². The summed E-state index contributed by atoms with van der Waals surface area (Å²) in [6.07, 6.45) is -1.16. The lowest BCUT2D eigenvalue weighted by atomic mass is 10.1. The fourth-order valence-electron chi connectivity index (χ4n) is 1.52. The Bertz CT molecular complexity index is 579. The van der Waals surface area contributed by atoms with Gasteiger partial charge in [-0.3, -0.25) is 0 Å². The van der Waals surface area contributed by atoms with E-state index in [1.54, 1.807) is 6.07 Å². The molecule has 96 valence electrons. The van der Waals surface area contributed by atoms with Gasteiger partial charge in [0.15, 0.2) is 0 Å². The molecule has 0 spiro atoms. The van der Waals surface area contributed by atoms with E-state index in [0.717, 1.165) is 21.5 Å². The number of thiophene rings is 1. The molecule has 1 aromatic carbocycles. The Balaban J connectivity index is 2.45. The van der Waals surface area contributed by atoms with Crippen LogP contribution in [-0.4, -0.2) is 5.11 Å². The largest absolute Gasteiger partial charge is 0.383 e. The zero-order chi connectivity index (χ0) is 13.4. The van der Waals surface area contributed by atoms with E-state index < -0.39 is 17.7 Å². The minimum absolute atomic E-state index is 0.0412. The van der Waals surface area contributed by atoms with Gasteiger partial charge in [0.2, 0.25) is 0 Å². The highest BCUT2D eigenvalue weighted by Gasteiger charge is 2.20. The average Bonchev–Trinajstić information content (AvgIpc) is 2.63. The number of aliphatic hydroxyl groups is 1. The first-order valence-corrected chi connectivity index (χ1v) is 7.38. The monoisotopic (exact) mass is 396 g/mol. The van der Waals surface area contributed by atoms with Crippen LogP contribution in [0.5, 0.6) is 0 Å². The molecule has 6 heteroatoms. The van der Waals surface area contributed by atoms with Crippen molar-refractivity contribution >= 4 is 43.2 Å². The number of halogens is 4. The summed E-state index contributed by atoms with van der Waals surface area (Å²) in [6, 6.07) is 3.77. The summed E-state index contributed by atoms with van der Waals surface area (Å²) in [5.74, 6) is -1.24. The third-order valence-corrected chi connectivity index (χ3v) is 5.28. The molecule has 1 heterocycles.